The van der Waals surface area contributed by atoms with Crippen LogP contribution >= 0.6 is 0 Å². The summed E-state index contributed by atoms with van der Waals surface area (Å²) in [4.78, 5) is 30.5. The van der Waals surface area contributed by atoms with Crippen molar-refractivity contribution >= 4 is 17.5 Å². The highest BCUT2D eigenvalue weighted by Crippen LogP contribution is 2.22. The number of hydrogen-bond acceptors (Lipinski definition) is 3. The van der Waals surface area contributed by atoms with Crippen LogP contribution in [-0.4, -0.2) is 32.6 Å². The Balaban J connectivity index is 1.55. The molecule has 1 aliphatic rings. The number of imidazole rings is 1. The van der Waals surface area contributed by atoms with Crippen molar-refractivity contribution in [3.8, 4) is 0 Å². The van der Waals surface area contributed by atoms with Gasteiger partial charge in [-0.25, -0.2) is 4.98 Å². The van der Waals surface area contributed by atoms with E-state index in [1.165, 1.54) is 4.90 Å². The molecule has 2 amide bonds. The first-order valence-corrected chi connectivity index (χ1v) is 7.53. The van der Waals surface area contributed by atoms with Gasteiger partial charge in [-0.05, 0) is 36.8 Å². The number of aromatic nitrogens is 2. The van der Waals surface area contributed by atoms with Crippen molar-refractivity contribution in [3.63, 3.8) is 0 Å². The van der Waals surface area contributed by atoms with Crippen molar-refractivity contribution < 1.29 is 9.59 Å². The van der Waals surface area contributed by atoms with Crippen LogP contribution in [0.5, 0.6) is 0 Å². The number of amides is 2. The van der Waals surface area contributed by atoms with Gasteiger partial charge in [-0.15, -0.1) is 0 Å². The lowest BCUT2D eigenvalue weighted by atomic mass is 10.1. The van der Waals surface area contributed by atoms with E-state index < -0.39 is 0 Å². The molecule has 0 saturated heterocycles. The predicted molar refractivity (Wildman–Crippen MR) is 85.4 cm³/mol. The van der Waals surface area contributed by atoms with Crippen LogP contribution in [0.4, 0.5) is 0 Å². The number of benzene rings is 1. The highest BCUT2D eigenvalue weighted by Gasteiger charge is 2.34. The van der Waals surface area contributed by atoms with E-state index >= 15 is 0 Å². The molecule has 2 aromatic heterocycles. The number of carbonyl (C=O) groups excluding carboxylic acids is 2. The number of rotatable bonds is 3. The maximum Gasteiger partial charge on any atom is 0.261 e. The number of nitrogens with zero attached hydrogens (tertiary/aromatic N) is 3. The zero-order valence-corrected chi connectivity index (χ0v) is 12.7. The van der Waals surface area contributed by atoms with E-state index in [1.807, 2.05) is 35.9 Å². The summed E-state index contributed by atoms with van der Waals surface area (Å²) in [6.45, 7) is 2.36. The highest BCUT2D eigenvalue weighted by molar-refractivity contribution is 6.21. The molecule has 0 bridgehead atoms. The summed E-state index contributed by atoms with van der Waals surface area (Å²) in [6.07, 6.45) is 4.45. The van der Waals surface area contributed by atoms with Gasteiger partial charge in [0.25, 0.3) is 11.8 Å². The molecule has 0 unspecified atom stereocenters. The molecule has 5 nitrogen and oxygen atoms in total. The fourth-order valence-corrected chi connectivity index (χ4v) is 2.93. The van der Waals surface area contributed by atoms with Gasteiger partial charge in [0.1, 0.15) is 5.65 Å². The smallest absolute Gasteiger partial charge is 0.261 e. The first kappa shape index (κ1) is 13.7. The van der Waals surface area contributed by atoms with Crippen LogP contribution in [-0.2, 0) is 6.42 Å². The van der Waals surface area contributed by atoms with E-state index in [1.54, 1.807) is 24.3 Å². The molecule has 1 aliphatic heterocycles. The summed E-state index contributed by atoms with van der Waals surface area (Å²) in [7, 11) is 0. The van der Waals surface area contributed by atoms with E-state index in [0.29, 0.717) is 24.1 Å². The Bertz CT molecular complexity index is 907. The molecule has 3 aromatic rings. The average molecular weight is 305 g/mol. The van der Waals surface area contributed by atoms with Crippen molar-refractivity contribution in [1.29, 1.82) is 0 Å². The fraction of sp³-hybridized carbons (Fsp3) is 0.167. The lowest BCUT2D eigenvalue weighted by Gasteiger charge is -2.12. The van der Waals surface area contributed by atoms with E-state index in [9.17, 15) is 9.59 Å². The first-order valence-electron chi connectivity index (χ1n) is 7.53. The van der Waals surface area contributed by atoms with Crippen LogP contribution in [0.2, 0.25) is 0 Å². The molecule has 114 valence electrons. The topological polar surface area (TPSA) is 54.7 Å². The highest BCUT2D eigenvalue weighted by atomic mass is 16.2. The van der Waals surface area contributed by atoms with Gasteiger partial charge in [0, 0.05) is 25.4 Å². The van der Waals surface area contributed by atoms with Crippen molar-refractivity contribution in [2.75, 3.05) is 6.54 Å². The van der Waals surface area contributed by atoms with Crippen LogP contribution in [0, 0.1) is 6.92 Å². The summed E-state index contributed by atoms with van der Waals surface area (Å²) in [5, 5.41) is 0. The molecule has 0 aliphatic carbocycles. The molecule has 3 heterocycles. The zero-order valence-electron chi connectivity index (χ0n) is 12.7. The van der Waals surface area contributed by atoms with Crippen molar-refractivity contribution in [2.45, 2.75) is 13.3 Å². The Morgan fingerprint density at radius 1 is 1.04 bits per heavy atom. The molecule has 23 heavy (non-hydrogen) atoms. The van der Waals surface area contributed by atoms with E-state index in [4.69, 9.17) is 0 Å². The Morgan fingerprint density at radius 2 is 1.74 bits per heavy atom. The second kappa shape index (κ2) is 5.05. The van der Waals surface area contributed by atoms with E-state index in [0.717, 1.165) is 16.9 Å². The third-order valence-corrected chi connectivity index (χ3v) is 4.14. The SMILES string of the molecule is Cc1ccn2cc(CCN3C(=O)c4ccccc4C3=O)nc2c1. The summed E-state index contributed by atoms with van der Waals surface area (Å²) in [5.74, 6) is -0.435. The second-order valence-corrected chi connectivity index (χ2v) is 5.76. The van der Waals surface area contributed by atoms with Crippen molar-refractivity contribution in [1.82, 2.24) is 14.3 Å². The minimum atomic E-state index is -0.217. The quantitative estimate of drug-likeness (QED) is 0.699. The van der Waals surface area contributed by atoms with Gasteiger partial charge in [-0.1, -0.05) is 12.1 Å². The number of fused-ring (bicyclic) bond motifs is 2. The lowest BCUT2D eigenvalue weighted by molar-refractivity contribution is 0.0656. The van der Waals surface area contributed by atoms with Gasteiger partial charge in [-0.2, -0.15) is 0 Å². The van der Waals surface area contributed by atoms with E-state index in [-0.39, 0.29) is 11.8 Å². The normalized spacial score (nSPS) is 13.9. The molecule has 0 saturated carbocycles. The number of hydrogen-bond donors (Lipinski definition) is 0. The summed E-state index contributed by atoms with van der Waals surface area (Å²) in [6, 6.07) is 11.0. The molecular formula is C18H15N3O2. The standard InChI is InChI=1S/C18H15N3O2/c1-12-6-8-20-11-13(19-16(20)10-12)7-9-21-17(22)14-4-2-3-5-15(14)18(21)23/h2-6,8,10-11H,7,9H2,1H3. The molecule has 0 spiro atoms. The number of imide groups is 1. The third-order valence-electron chi connectivity index (χ3n) is 4.14. The molecule has 4 rings (SSSR count). The summed E-state index contributed by atoms with van der Waals surface area (Å²) < 4.78 is 1.95. The largest absolute Gasteiger partial charge is 0.307 e. The van der Waals surface area contributed by atoms with Crippen LogP contribution in [0.25, 0.3) is 5.65 Å². The number of carbonyl (C=O) groups is 2. The van der Waals surface area contributed by atoms with Crippen molar-refractivity contribution in [2.24, 2.45) is 0 Å². The Labute approximate surface area is 133 Å². The zero-order chi connectivity index (χ0) is 16.0. The first-order chi connectivity index (χ1) is 11.1. The maximum absolute atomic E-state index is 12.3. The van der Waals surface area contributed by atoms with E-state index in [2.05, 4.69) is 4.98 Å². The maximum atomic E-state index is 12.3. The Kier molecular flexibility index (Phi) is 3.01. The van der Waals surface area contributed by atoms with Gasteiger partial charge in [0.2, 0.25) is 0 Å². The molecule has 0 N–H and O–H groups in total. The third kappa shape index (κ3) is 2.21. The van der Waals surface area contributed by atoms with Crippen LogP contribution < -0.4 is 0 Å². The molecule has 0 atom stereocenters. The van der Waals surface area contributed by atoms with Gasteiger partial charge in [0.05, 0.1) is 16.8 Å². The molecular weight excluding hydrogens is 290 g/mol. The Hall–Kier alpha value is -2.95. The minimum absolute atomic E-state index is 0.217. The van der Waals surface area contributed by atoms with Gasteiger partial charge in [0.15, 0.2) is 0 Å². The fourth-order valence-electron chi connectivity index (χ4n) is 2.93. The number of aryl methyl sites for hydroxylation is 1. The van der Waals surface area contributed by atoms with Crippen LogP contribution in [0.3, 0.4) is 0 Å². The van der Waals surface area contributed by atoms with Crippen LogP contribution in [0.1, 0.15) is 32.0 Å². The van der Waals surface area contributed by atoms with Crippen molar-refractivity contribution in [3.05, 3.63) is 71.2 Å². The molecule has 0 radical (unpaired) electrons. The molecule has 0 fully saturated rings. The van der Waals surface area contributed by atoms with Gasteiger partial charge in [-0.3, -0.25) is 14.5 Å². The minimum Gasteiger partial charge on any atom is -0.307 e. The predicted octanol–water partition coefficient (Wildman–Crippen LogP) is 2.48. The van der Waals surface area contributed by atoms with Gasteiger partial charge < -0.3 is 4.40 Å². The average Bonchev–Trinajstić information content (AvgIpc) is 3.06. The molecule has 1 aromatic carbocycles. The van der Waals surface area contributed by atoms with Gasteiger partial charge >= 0.3 is 0 Å². The lowest BCUT2D eigenvalue weighted by Crippen LogP contribution is -2.31. The number of pyridine rings is 1. The summed E-state index contributed by atoms with van der Waals surface area (Å²) >= 11 is 0. The second-order valence-electron chi connectivity index (χ2n) is 5.76. The molecule has 5 heteroatoms. The Morgan fingerprint density at radius 3 is 2.43 bits per heavy atom. The van der Waals surface area contributed by atoms with Crippen LogP contribution in [0.15, 0.2) is 48.8 Å². The monoisotopic (exact) mass is 305 g/mol. The summed E-state index contributed by atoms with van der Waals surface area (Å²) in [5.41, 5.74) is 3.87.